The second-order valence-electron chi connectivity index (χ2n) is 1.88. The van der Waals surface area contributed by atoms with E-state index in [1.54, 1.807) is 6.07 Å². The van der Waals surface area contributed by atoms with Gasteiger partial charge in [-0.1, -0.05) is 48.0 Å². The molecular formula is C8H6Cl2. The highest BCUT2D eigenvalue weighted by Gasteiger charge is 1.98. The number of halogens is 2. The quantitative estimate of drug-likeness (QED) is 0.609. The van der Waals surface area contributed by atoms with Gasteiger partial charge in [0.2, 0.25) is 0 Å². The van der Waals surface area contributed by atoms with Crippen LogP contribution in [0.4, 0.5) is 0 Å². The molecule has 1 aromatic rings. The Hall–Kier alpha value is -0.460. The third kappa shape index (κ3) is 1.53. The van der Waals surface area contributed by atoms with E-state index in [2.05, 4.69) is 6.58 Å². The molecule has 0 fully saturated rings. The second-order valence-corrected chi connectivity index (χ2v) is 2.75. The molecule has 0 saturated carbocycles. The summed E-state index contributed by atoms with van der Waals surface area (Å²) in [5, 5.41) is 1.12. The Balaban J connectivity index is 3.15. The summed E-state index contributed by atoms with van der Waals surface area (Å²) in [5.41, 5.74) is 0.797. The molecule has 0 N–H and O–H groups in total. The van der Waals surface area contributed by atoms with Crippen molar-refractivity contribution in [3.63, 3.8) is 0 Å². The van der Waals surface area contributed by atoms with Crippen LogP contribution in [-0.2, 0) is 0 Å². The lowest BCUT2D eigenvalue weighted by Crippen LogP contribution is -1.75. The number of benzene rings is 1. The molecule has 0 aliphatic heterocycles. The van der Waals surface area contributed by atoms with Gasteiger partial charge in [-0.25, -0.2) is 0 Å². The van der Waals surface area contributed by atoms with Crippen molar-refractivity contribution in [2.75, 3.05) is 0 Å². The van der Waals surface area contributed by atoms with Gasteiger partial charge in [-0.05, 0) is 6.07 Å². The van der Waals surface area contributed by atoms with Gasteiger partial charge in [-0.15, -0.1) is 0 Å². The highest BCUT2D eigenvalue weighted by atomic mass is 35.5. The van der Waals surface area contributed by atoms with E-state index in [1.165, 1.54) is 0 Å². The molecule has 0 saturated heterocycles. The molecule has 52 valence electrons. The van der Waals surface area contributed by atoms with Crippen LogP contribution >= 0.6 is 23.2 Å². The van der Waals surface area contributed by atoms with E-state index >= 15 is 0 Å². The third-order valence-electron chi connectivity index (χ3n) is 1.17. The second kappa shape index (κ2) is 3.09. The fourth-order valence-electron chi connectivity index (χ4n) is 0.681. The van der Waals surface area contributed by atoms with Crippen LogP contribution in [0.5, 0.6) is 0 Å². The van der Waals surface area contributed by atoms with E-state index in [0.29, 0.717) is 10.1 Å². The number of hydrogen-bond donors (Lipinski definition) is 0. The van der Waals surface area contributed by atoms with Crippen molar-refractivity contribution in [3.05, 3.63) is 41.4 Å². The normalized spacial score (nSPS) is 9.40. The SMILES string of the molecule is C=C(Cl)c1ccccc1Cl. The molecule has 10 heavy (non-hydrogen) atoms. The molecule has 1 rings (SSSR count). The minimum atomic E-state index is 0.477. The van der Waals surface area contributed by atoms with Crippen LogP contribution in [0.3, 0.4) is 0 Å². The predicted molar refractivity (Wildman–Crippen MR) is 46.3 cm³/mol. The number of rotatable bonds is 1. The van der Waals surface area contributed by atoms with E-state index < -0.39 is 0 Å². The summed E-state index contributed by atoms with van der Waals surface area (Å²) >= 11 is 11.4. The summed E-state index contributed by atoms with van der Waals surface area (Å²) in [6.45, 7) is 3.57. The lowest BCUT2D eigenvalue weighted by atomic mass is 10.2. The van der Waals surface area contributed by atoms with E-state index in [4.69, 9.17) is 23.2 Å². The molecule has 0 atom stereocenters. The van der Waals surface area contributed by atoms with Gasteiger partial charge < -0.3 is 0 Å². The maximum absolute atomic E-state index is 5.77. The van der Waals surface area contributed by atoms with Crippen molar-refractivity contribution < 1.29 is 0 Å². The van der Waals surface area contributed by atoms with Crippen LogP contribution in [0.2, 0.25) is 5.02 Å². The molecule has 1 aromatic carbocycles. The van der Waals surface area contributed by atoms with Crippen molar-refractivity contribution in [2.24, 2.45) is 0 Å². The Morgan fingerprint density at radius 1 is 1.30 bits per heavy atom. The first kappa shape index (κ1) is 7.64. The topological polar surface area (TPSA) is 0 Å². The molecule has 2 heteroatoms. The molecule has 0 aromatic heterocycles. The Morgan fingerprint density at radius 3 is 2.30 bits per heavy atom. The van der Waals surface area contributed by atoms with Crippen molar-refractivity contribution in [2.45, 2.75) is 0 Å². The zero-order chi connectivity index (χ0) is 7.56. The van der Waals surface area contributed by atoms with Gasteiger partial charge in [0.1, 0.15) is 0 Å². The largest absolute Gasteiger partial charge is 0.0843 e. The van der Waals surface area contributed by atoms with E-state index in [1.807, 2.05) is 18.2 Å². The maximum Gasteiger partial charge on any atom is 0.0493 e. The lowest BCUT2D eigenvalue weighted by molar-refractivity contribution is 1.65. The third-order valence-corrected chi connectivity index (χ3v) is 1.70. The first-order valence-corrected chi connectivity index (χ1v) is 3.56. The van der Waals surface area contributed by atoms with Crippen LogP contribution in [0.25, 0.3) is 5.03 Å². The van der Waals surface area contributed by atoms with Gasteiger partial charge in [0.05, 0.1) is 0 Å². The van der Waals surface area contributed by atoms with Crippen molar-refractivity contribution >= 4 is 28.2 Å². The zero-order valence-corrected chi connectivity index (χ0v) is 6.78. The van der Waals surface area contributed by atoms with Crippen molar-refractivity contribution in [1.29, 1.82) is 0 Å². The lowest BCUT2D eigenvalue weighted by Gasteiger charge is -1.98. The Kier molecular flexibility index (Phi) is 2.36. The number of hydrogen-bond acceptors (Lipinski definition) is 0. The molecule has 0 spiro atoms. The molecule has 0 aliphatic carbocycles. The molecule has 0 unspecified atom stereocenters. The first-order valence-electron chi connectivity index (χ1n) is 2.81. The predicted octanol–water partition coefficient (Wildman–Crippen LogP) is 3.55. The van der Waals surface area contributed by atoms with Gasteiger partial charge in [0.25, 0.3) is 0 Å². The summed E-state index contributed by atoms with van der Waals surface area (Å²) < 4.78 is 0. The summed E-state index contributed by atoms with van der Waals surface area (Å²) in [6, 6.07) is 7.34. The Bertz CT molecular complexity index is 253. The van der Waals surface area contributed by atoms with Crippen molar-refractivity contribution in [3.8, 4) is 0 Å². The smallest absolute Gasteiger partial charge is 0.0493 e. The molecule has 0 aliphatic rings. The van der Waals surface area contributed by atoms with Gasteiger partial charge in [-0.3, -0.25) is 0 Å². The molecule has 0 amide bonds. The van der Waals surface area contributed by atoms with Gasteiger partial charge in [-0.2, -0.15) is 0 Å². The Labute approximate surface area is 70.1 Å². The summed E-state index contributed by atoms with van der Waals surface area (Å²) in [6.07, 6.45) is 0. The van der Waals surface area contributed by atoms with Crippen LogP contribution in [0, 0.1) is 0 Å². The highest BCUT2D eigenvalue weighted by molar-refractivity contribution is 6.50. The van der Waals surface area contributed by atoms with E-state index in [0.717, 1.165) is 5.56 Å². The van der Waals surface area contributed by atoms with Crippen LogP contribution < -0.4 is 0 Å². The van der Waals surface area contributed by atoms with Gasteiger partial charge in [0, 0.05) is 15.6 Å². The van der Waals surface area contributed by atoms with Gasteiger partial charge >= 0.3 is 0 Å². The minimum absolute atomic E-state index is 0.477. The molecular weight excluding hydrogens is 167 g/mol. The first-order chi connectivity index (χ1) is 4.72. The summed E-state index contributed by atoms with van der Waals surface area (Å²) in [5.74, 6) is 0. The Morgan fingerprint density at radius 2 is 1.90 bits per heavy atom. The van der Waals surface area contributed by atoms with Crippen molar-refractivity contribution in [1.82, 2.24) is 0 Å². The maximum atomic E-state index is 5.77. The van der Waals surface area contributed by atoms with Crippen LogP contribution in [-0.4, -0.2) is 0 Å². The van der Waals surface area contributed by atoms with Crippen LogP contribution in [0.1, 0.15) is 5.56 Å². The van der Waals surface area contributed by atoms with E-state index in [-0.39, 0.29) is 0 Å². The average molecular weight is 173 g/mol. The van der Waals surface area contributed by atoms with Gasteiger partial charge in [0.15, 0.2) is 0 Å². The average Bonchev–Trinajstić information content (AvgIpc) is 1.88. The highest BCUT2D eigenvalue weighted by Crippen LogP contribution is 2.24. The molecule has 0 nitrogen and oxygen atoms in total. The molecule has 0 radical (unpaired) electrons. The fraction of sp³-hybridized carbons (Fsp3) is 0. The minimum Gasteiger partial charge on any atom is -0.0843 e. The fourth-order valence-corrected chi connectivity index (χ4v) is 1.14. The van der Waals surface area contributed by atoms with E-state index in [9.17, 15) is 0 Å². The molecule has 0 heterocycles. The standard InChI is InChI=1S/C8H6Cl2/c1-6(9)7-4-2-3-5-8(7)10/h2-5H,1H2. The monoisotopic (exact) mass is 172 g/mol. The zero-order valence-electron chi connectivity index (χ0n) is 5.27. The molecule has 0 bridgehead atoms. The summed E-state index contributed by atoms with van der Waals surface area (Å²) in [7, 11) is 0. The summed E-state index contributed by atoms with van der Waals surface area (Å²) in [4.78, 5) is 0. The van der Waals surface area contributed by atoms with Crippen LogP contribution in [0.15, 0.2) is 30.8 Å².